The van der Waals surface area contributed by atoms with Crippen LogP contribution in [-0.2, 0) is 6.18 Å². The molecule has 0 aliphatic carbocycles. The average molecular weight is 393 g/mol. The highest BCUT2D eigenvalue weighted by atomic mass is 32.2. The number of amides is 1. The molecule has 3 rings (SSSR count). The van der Waals surface area contributed by atoms with E-state index in [1.165, 1.54) is 30.2 Å². The summed E-state index contributed by atoms with van der Waals surface area (Å²) in [6, 6.07) is 7.83. The number of halogens is 3. The van der Waals surface area contributed by atoms with E-state index in [4.69, 9.17) is 4.42 Å². The van der Waals surface area contributed by atoms with Gasteiger partial charge in [-0.05, 0) is 43.5 Å². The van der Waals surface area contributed by atoms with Crippen molar-refractivity contribution in [3.63, 3.8) is 0 Å². The molecule has 3 aromatic rings. The quantitative estimate of drug-likeness (QED) is 0.497. The predicted octanol–water partition coefficient (Wildman–Crippen LogP) is 5.04. The monoisotopic (exact) mass is 393 g/mol. The van der Waals surface area contributed by atoms with Crippen LogP contribution >= 0.6 is 11.8 Å². The summed E-state index contributed by atoms with van der Waals surface area (Å²) < 4.78 is 43.8. The van der Waals surface area contributed by atoms with Crippen molar-refractivity contribution < 1.29 is 22.4 Å². The van der Waals surface area contributed by atoms with Crippen LogP contribution < -0.4 is 5.32 Å². The van der Waals surface area contributed by atoms with Gasteiger partial charge in [-0.1, -0.05) is 6.07 Å². The smallest absolute Gasteiger partial charge is 0.416 e. The van der Waals surface area contributed by atoms with Gasteiger partial charge in [0.15, 0.2) is 11.6 Å². The lowest BCUT2D eigenvalue weighted by molar-refractivity contribution is -0.137. The SMILES string of the molecule is CSc1nc(-c2ccco2)nc(C)c1C(=O)Nc1cccc(C(F)(F)F)c1. The molecule has 1 amide bonds. The molecule has 0 bridgehead atoms. The van der Waals surface area contributed by atoms with Crippen LogP contribution in [0.4, 0.5) is 18.9 Å². The molecule has 0 aliphatic rings. The van der Waals surface area contributed by atoms with E-state index in [0.29, 0.717) is 22.3 Å². The lowest BCUT2D eigenvalue weighted by Crippen LogP contribution is -2.17. The topological polar surface area (TPSA) is 68.0 Å². The minimum Gasteiger partial charge on any atom is -0.461 e. The molecule has 0 spiro atoms. The molecular weight excluding hydrogens is 379 g/mol. The van der Waals surface area contributed by atoms with Gasteiger partial charge < -0.3 is 9.73 Å². The van der Waals surface area contributed by atoms with Crippen LogP contribution in [0.1, 0.15) is 21.6 Å². The van der Waals surface area contributed by atoms with Crippen LogP contribution in [0.25, 0.3) is 11.6 Å². The zero-order valence-electron chi connectivity index (χ0n) is 14.3. The Labute approximate surface area is 157 Å². The van der Waals surface area contributed by atoms with Gasteiger partial charge in [-0.3, -0.25) is 4.79 Å². The molecule has 0 saturated heterocycles. The van der Waals surface area contributed by atoms with E-state index in [0.717, 1.165) is 12.1 Å². The summed E-state index contributed by atoms with van der Waals surface area (Å²) in [7, 11) is 0. The molecule has 1 aromatic carbocycles. The van der Waals surface area contributed by atoms with Crippen molar-refractivity contribution in [2.24, 2.45) is 0 Å². The third-order valence-corrected chi connectivity index (χ3v) is 4.35. The van der Waals surface area contributed by atoms with Crippen molar-refractivity contribution in [3.8, 4) is 11.6 Å². The first-order valence-electron chi connectivity index (χ1n) is 7.74. The van der Waals surface area contributed by atoms with Gasteiger partial charge in [-0.2, -0.15) is 13.2 Å². The number of hydrogen-bond donors (Lipinski definition) is 1. The minimum atomic E-state index is -4.49. The molecule has 0 unspecified atom stereocenters. The molecule has 140 valence electrons. The first-order valence-corrected chi connectivity index (χ1v) is 8.97. The molecule has 0 atom stereocenters. The van der Waals surface area contributed by atoms with Gasteiger partial charge in [0, 0.05) is 5.69 Å². The number of anilines is 1. The second kappa shape index (κ2) is 7.43. The summed E-state index contributed by atoms with van der Waals surface area (Å²) in [6.07, 6.45) is -1.26. The standard InChI is InChI=1S/C18H14F3N3O2S/c1-10-14(17(27-2)24-15(22-10)13-7-4-8-26-13)16(25)23-12-6-3-5-11(9-12)18(19,20)21/h3-9H,1-2H3,(H,23,25). The number of hydrogen-bond acceptors (Lipinski definition) is 5. The van der Waals surface area contributed by atoms with Crippen LogP contribution in [0.5, 0.6) is 0 Å². The van der Waals surface area contributed by atoms with E-state index in [-0.39, 0.29) is 11.3 Å². The highest BCUT2D eigenvalue weighted by Gasteiger charge is 2.30. The fourth-order valence-electron chi connectivity index (χ4n) is 2.44. The summed E-state index contributed by atoms with van der Waals surface area (Å²) in [5, 5.41) is 2.89. The molecule has 2 heterocycles. The number of furan rings is 1. The van der Waals surface area contributed by atoms with E-state index in [2.05, 4.69) is 15.3 Å². The Morgan fingerprint density at radius 1 is 1.19 bits per heavy atom. The van der Waals surface area contributed by atoms with E-state index in [9.17, 15) is 18.0 Å². The third kappa shape index (κ3) is 4.13. The van der Waals surface area contributed by atoms with Crippen LogP contribution in [0.15, 0.2) is 52.1 Å². The number of rotatable bonds is 4. The summed E-state index contributed by atoms with van der Waals surface area (Å²) >= 11 is 1.23. The van der Waals surface area contributed by atoms with Crippen molar-refractivity contribution >= 4 is 23.4 Å². The van der Waals surface area contributed by atoms with Gasteiger partial charge >= 0.3 is 6.18 Å². The largest absolute Gasteiger partial charge is 0.461 e. The number of carbonyl (C=O) groups excluding carboxylic acids is 1. The Kier molecular flexibility index (Phi) is 5.22. The van der Waals surface area contributed by atoms with E-state index in [1.54, 1.807) is 25.3 Å². The number of aromatic nitrogens is 2. The predicted molar refractivity (Wildman–Crippen MR) is 95.6 cm³/mol. The third-order valence-electron chi connectivity index (χ3n) is 3.67. The Morgan fingerprint density at radius 3 is 2.59 bits per heavy atom. The number of carbonyl (C=O) groups is 1. The zero-order chi connectivity index (χ0) is 19.6. The number of thioether (sulfide) groups is 1. The molecule has 9 heteroatoms. The Morgan fingerprint density at radius 2 is 1.96 bits per heavy atom. The number of alkyl halides is 3. The Bertz CT molecular complexity index is 972. The molecular formula is C18H14F3N3O2S. The maximum absolute atomic E-state index is 12.8. The minimum absolute atomic E-state index is 0.0383. The maximum Gasteiger partial charge on any atom is 0.416 e. The highest BCUT2D eigenvalue weighted by molar-refractivity contribution is 7.98. The lowest BCUT2D eigenvalue weighted by Gasteiger charge is -2.13. The van der Waals surface area contributed by atoms with Crippen LogP contribution in [0.2, 0.25) is 0 Å². The van der Waals surface area contributed by atoms with Crippen LogP contribution in [-0.4, -0.2) is 22.1 Å². The van der Waals surface area contributed by atoms with Gasteiger partial charge in [-0.15, -0.1) is 11.8 Å². The number of nitrogens with one attached hydrogen (secondary N) is 1. The highest BCUT2D eigenvalue weighted by Crippen LogP contribution is 2.31. The fourth-order valence-corrected chi connectivity index (χ4v) is 3.06. The fraction of sp³-hybridized carbons (Fsp3) is 0.167. The molecule has 27 heavy (non-hydrogen) atoms. The van der Waals surface area contributed by atoms with Crippen molar-refractivity contribution in [3.05, 3.63) is 59.5 Å². The second-order valence-electron chi connectivity index (χ2n) is 5.53. The molecule has 1 N–H and O–H groups in total. The van der Waals surface area contributed by atoms with Crippen molar-refractivity contribution in [2.45, 2.75) is 18.1 Å². The maximum atomic E-state index is 12.8. The first kappa shape index (κ1) is 19.0. The molecule has 0 fully saturated rings. The molecule has 2 aromatic heterocycles. The molecule has 0 aliphatic heterocycles. The van der Waals surface area contributed by atoms with Gasteiger partial charge in [-0.25, -0.2) is 9.97 Å². The lowest BCUT2D eigenvalue weighted by atomic mass is 10.1. The van der Waals surface area contributed by atoms with Gasteiger partial charge in [0.2, 0.25) is 0 Å². The summed E-state index contributed by atoms with van der Waals surface area (Å²) in [4.78, 5) is 21.3. The first-order chi connectivity index (χ1) is 12.8. The molecule has 0 saturated carbocycles. The Hall–Kier alpha value is -2.81. The average Bonchev–Trinajstić information content (AvgIpc) is 3.15. The zero-order valence-corrected chi connectivity index (χ0v) is 15.1. The summed E-state index contributed by atoms with van der Waals surface area (Å²) in [5.74, 6) is 0.206. The van der Waals surface area contributed by atoms with Crippen LogP contribution in [0, 0.1) is 6.92 Å². The summed E-state index contributed by atoms with van der Waals surface area (Å²) in [5.41, 5.74) is -0.205. The van der Waals surface area contributed by atoms with Crippen molar-refractivity contribution in [1.29, 1.82) is 0 Å². The number of aryl methyl sites for hydroxylation is 1. The van der Waals surface area contributed by atoms with E-state index >= 15 is 0 Å². The number of benzene rings is 1. The van der Waals surface area contributed by atoms with Gasteiger partial charge in [0.05, 0.1) is 23.1 Å². The van der Waals surface area contributed by atoms with Gasteiger partial charge in [0.25, 0.3) is 5.91 Å². The normalized spacial score (nSPS) is 11.4. The van der Waals surface area contributed by atoms with Gasteiger partial charge in [0.1, 0.15) is 5.03 Å². The summed E-state index contributed by atoms with van der Waals surface area (Å²) in [6.45, 7) is 1.63. The second-order valence-corrected chi connectivity index (χ2v) is 6.32. The van der Waals surface area contributed by atoms with E-state index < -0.39 is 17.6 Å². The van der Waals surface area contributed by atoms with Crippen molar-refractivity contribution in [2.75, 3.05) is 11.6 Å². The molecule has 0 radical (unpaired) electrons. The van der Waals surface area contributed by atoms with Crippen molar-refractivity contribution in [1.82, 2.24) is 9.97 Å². The van der Waals surface area contributed by atoms with Crippen LogP contribution in [0.3, 0.4) is 0 Å². The Balaban J connectivity index is 1.93. The van der Waals surface area contributed by atoms with E-state index in [1.807, 2.05) is 0 Å². The number of nitrogens with zero attached hydrogens (tertiary/aromatic N) is 2. The molecule has 5 nitrogen and oxygen atoms in total.